The minimum absolute atomic E-state index is 0.258. The number of halogens is 5. The lowest BCUT2D eigenvalue weighted by atomic mass is 10.3. The van der Waals surface area contributed by atoms with Crippen LogP contribution in [-0.4, -0.2) is 14.6 Å². The Bertz CT molecular complexity index is 451. The van der Waals surface area contributed by atoms with Crippen LogP contribution in [0.5, 0.6) is 0 Å². The van der Waals surface area contributed by atoms with Crippen LogP contribution in [0, 0.1) is 0 Å². The molecular formula is C6H3Cl2F3O2S2. The molecule has 9 heteroatoms. The molecule has 1 unspecified atom stereocenters. The van der Waals surface area contributed by atoms with Gasteiger partial charge in [0.2, 0.25) is 14.3 Å². The normalized spacial score (nSPS) is 15.3. The van der Waals surface area contributed by atoms with Crippen LogP contribution in [0.25, 0.3) is 0 Å². The minimum atomic E-state index is -4.98. The van der Waals surface area contributed by atoms with E-state index in [1.54, 1.807) is 0 Å². The average Bonchev–Trinajstić information content (AvgIpc) is 2.30. The van der Waals surface area contributed by atoms with Crippen molar-refractivity contribution in [3.05, 3.63) is 21.3 Å². The van der Waals surface area contributed by atoms with Gasteiger partial charge in [-0.3, -0.25) is 0 Å². The van der Waals surface area contributed by atoms with Gasteiger partial charge in [-0.05, 0) is 11.4 Å². The molecule has 15 heavy (non-hydrogen) atoms. The van der Waals surface area contributed by atoms with Gasteiger partial charge < -0.3 is 0 Å². The maximum atomic E-state index is 12.4. The van der Waals surface area contributed by atoms with Gasteiger partial charge in [-0.25, -0.2) is 8.42 Å². The second-order valence-electron chi connectivity index (χ2n) is 2.53. The van der Waals surface area contributed by atoms with E-state index in [4.69, 9.17) is 22.3 Å². The lowest BCUT2D eigenvalue weighted by Gasteiger charge is -2.15. The molecule has 86 valence electrons. The van der Waals surface area contributed by atoms with Crippen LogP contribution in [0.2, 0.25) is 5.02 Å². The van der Waals surface area contributed by atoms with E-state index in [1.807, 2.05) is 0 Å². The van der Waals surface area contributed by atoms with Gasteiger partial charge in [0.15, 0.2) is 0 Å². The molecule has 0 amide bonds. The third-order valence-electron chi connectivity index (χ3n) is 1.46. The zero-order chi connectivity index (χ0) is 11.9. The van der Waals surface area contributed by atoms with Crippen molar-refractivity contribution in [1.29, 1.82) is 0 Å². The largest absolute Gasteiger partial charge is 0.411 e. The van der Waals surface area contributed by atoms with Crippen LogP contribution < -0.4 is 0 Å². The summed E-state index contributed by atoms with van der Waals surface area (Å²) in [4.78, 5) is -0.515. The van der Waals surface area contributed by atoms with Crippen LogP contribution in [0.15, 0.2) is 11.4 Å². The topological polar surface area (TPSA) is 34.1 Å². The molecule has 2 nitrogen and oxygen atoms in total. The van der Waals surface area contributed by atoms with Crippen LogP contribution in [0.4, 0.5) is 13.2 Å². The van der Waals surface area contributed by atoms with E-state index in [9.17, 15) is 21.6 Å². The molecule has 0 spiro atoms. The van der Waals surface area contributed by atoms with Crippen LogP contribution in [0.3, 0.4) is 0 Å². The summed E-state index contributed by atoms with van der Waals surface area (Å²) >= 11 is 6.03. The first-order valence-electron chi connectivity index (χ1n) is 3.37. The first-order valence-corrected chi connectivity index (χ1v) is 7.00. The Morgan fingerprint density at radius 2 is 1.93 bits per heavy atom. The number of hydrogen-bond donors (Lipinski definition) is 0. The second kappa shape index (κ2) is 4.12. The molecule has 1 aromatic rings. The summed E-state index contributed by atoms with van der Waals surface area (Å²) in [5.41, 5.74) is 0. The van der Waals surface area contributed by atoms with Gasteiger partial charge in [0.25, 0.3) is 0 Å². The first-order chi connectivity index (χ1) is 6.64. The van der Waals surface area contributed by atoms with Crippen LogP contribution >= 0.6 is 33.6 Å². The van der Waals surface area contributed by atoms with E-state index in [1.165, 1.54) is 11.4 Å². The standard InChI is InChI=1S/C6H3Cl2F3O2S2/c7-3-1-2-14-4(3)5(6(9,10)11)15(8,12)13/h1-2,5H. The molecule has 0 aromatic carbocycles. The maximum absolute atomic E-state index is 12.4. The molecule has 1 heterocycles. The smallest absolute Gasteiger partial charge is 0.211 e. The molecule has 0 aliphatic rings. The lowest BCUT2D eigenvalue weighted by molar-refractivity contribution is -0.130. The predicted octanol–water partition coefficient (Wildman–Crippen LogP) is 3.57. The molecule has 0 aliphatic carbocycles. The minimum Gasteiger partial charge on any atom is -0.211 e. The van der Waals surface area contributed by atoms with E-state index in [0.29, 0.717) is 11.3 Å². The quantitative estimate of drug-likeness (QED) is 0.782. The number of thiophene rings is 1. The molecule has 0 radical (unpaired) electrons. The highest BCUT2D eigenvalue weighted by Gasteiger charge is 2.50. The molecule has 0 N–H and O–H groups in total. The molecule has 0 fully saturated rings. The Morgan fingerprint density at radius 1 is 1.40 bits per heavy atom. The van der Waals surface area contributed by atoms with Crippen molar-refractivity contribution in [2.24, 2.45) is 0 Å². The molecule has 0 saturated heterocycles. The number of alkyl halides is 3. The van der Waals surface area contributed by atoms with Crippen molar-refractivity contribution < 1.29 is 21.6 Å². The van der Waals surface area contributed by atoms with Crippen molar-refractivity contribution in [1.82, 2.24) is 0 Å². The highest BCUT2D eigenvalue weighted by Crippen LogP contribution is 2.45. The van der Waals surface area contributed by atoms with E-state index < -0.39 is 25.4 Å². The summed E-state index contributed by atoms with van der Waals surface area (Å²) in [5, 5.41) is -1.76. The highest BCUT2D eigenvalue weighted by molar-refractivity contribution is 8.14. The fourth-order valence-electron chi connectivity index (χ4n) is 0.929. The second-order valence-corrected chi connectivity index (χ2v) is 6.60. The molecule has 1 aromatic heterocycles. The first kappa shape index (κ1) is 13.1. The van der Waals surface area contributed by atoms with Crippen molar-refractivity contribution in [2.45, 2.75) is 11.4 Å². The van der Waals surface area contributed by atoms with Gasteiger partial charge in [-0.1, -0.05) is 11.6 Å². The summed E-state index contributed by atoms with van der Waals surface area (Å²) < 4.78 is 59.0. The lowest BCUT2D eigenvalue weighted by Crippen LogP contribution is -2.25. The van der Waals surface area contributed by atoms with Crippen molar-refractivity contribution in [2.75, 3.05) is 0 Å². The Balaban J connectivity index is 3.33. The third kappa shape index (κ3) is 2.99. The molecule has 0 aliphatic heterocycles. The summed E-state index contributed by atoms with van der Waals surface area (Å²) in [6.45, 7) is 0. The number of rotatable bonds is 2. The van der Waals surface area contributed by atoms with Crippen molar-refractivity contribution in [3.63, 3.8) is 0 Å². The van der Waals surface area contributed by atoms with Crippen LogP contribution in [-0.2, 0) is 9.05 Å². The Kier molecular flexibility index (Phi) is 3.59. The Hall–Kier alpha value is 0.0200. The molecular weight excluding hydrogens is 296 g/mol. The SMILES string of the molecule is O=S(=O)(Cl)C(c1sccc1Cl)C(F)(F)F. The van der Waals surface area contributed by atoms with Gasteiger partial charge in [0.05, 0.1) is 9.90 Å². The summed E-state index contributed by atoms with van der Waals surface area (Å²) in [5.74, 6) is 0. The van der Waals surface area contributed by atoms with E-state index in [2.05, 4.69) is 0 Å². The molecule has 0 bridgehead atoms. The Morgan fingerprint density at radius 3 is 2.20 bits per heavy atom. The van der Waals surface area contributed by atoms with E-state index in [-0.39, 0.29) is 5.02 Å². The zero-order valence-electron chi connectivity index (χ0n) is 6.75. The fraction of sp³-hybridized carbons (Fsp3) is 0.333. The van der Waals surface area contributed by atoms with E-state index in [0.717, 1.165) is 0 Å². The predicted molar refractivity (Wildman–Crippen MR) is 52.9 cm³/mol. The fourth-order valence-corrected chi connectivity index (χ4v) is 4.14. The van der Waals surface area contributed by atoms with Gasteiger partial charge in [-0.15, -0.1) is 11.3 Å². The third-order valence-corrected chi connectivity index (χ3v) is 4.63. The molecule has 0 saturated carbocycles. The summed E-state index contributed by atoms with van der Waals surface area (Å²) in [6, 6.07) is 1.18. The van der Waals surface area contributed by atoms with Gasteiger partial charge in [0, 0.05) is 10.7 Å². The van der Waals surface area contributed by atoms with Crippen molar-refractivity contribution >= 4 is 42.7 Å². The van der Waals surface area contributed by atoms with Crippen molar-refractivity contribution in [3.8, 4) is 0 Å². The van der Waals surface area contributed by atoms with Gasteiger partial charge >= 0.3 is 6.18 Å². The molecule has 1 rings (SSSR count). The summed E-state index contributed by atoms with van der Waals surface area (Å²) in [7, 11) is -0.0474. The van der Waals surface area contributed by atoms with Gasteiger partial charge in [0.1, 0.15) is 0 Å². The monoisotopic (exact) mass is 298 g/mol. The average molecular weight is 299 g/mol. The highest BCUT2D eigenvalue weighted by atomic mass is 35.7. The van der Waals surface area contributed by atoms with Gasteiger partial charge in [-0.2, -0.15) is 13.2 Å². The van der Waals surface area contributed by atoms with E-state index >= 15 is 0 Å². The molecule has 1 atom stereocenters. The maximum Gasteiger partial charge on any atom is 0.411 e. The number of hydrogen-bond acceptors (Lipinski definition) is 3. The Labute approximate surface area is 97.0 Å². The van der Waals surface area contributed by atoms with Crippen LogP contribution in [0.1, 0.15) is 10.1 Å². The zero-order valence-corrected chi connectivity index (χ0v) is 9.90. The summed E-state index contributed by atoms with van der Waals surface area (Å²) in [6.07, 6.45) is -4.98.